The molecule has 0 amide bonds. The number of nitrogens with one attached hydrogen (secondary N) is 1. The molecule has 0 radical (unpaired) electrons. The van der Waals surface area contributed by atoms with Gasteiger partial charge in [-0.3, -0.25) is 14.9 Å². The molecule has 0 spiro atoms. The zero-order valence-electron chi connectivity index (χ0n) is 17.4. The highest BCUT2D eigenvalue weighted by molar-refractivity contribution is 5.79. The lowest BCUT2D eigenvalue weighted by molar-refractivity contribution is -0.149. The van der Waals surface area contributed by atoms with Gasteiger partial charge in [0.25, 0.3) is 0 Å². The van der Waals surface area contributed by atoms with Gasteiger partial charge in [-0.05, 0) is 42.0 Å². The van der Waals surface area contributed by atoms with Gasteiger partial charge in [-0.1, -0.05) is 56.3 Å². The van der Waals surface area contributed by atoms with Crippen molar-refractivity contribution >= 4 is 11.9 Å². The second-order valence-corrected chi connectivity index (χ2v) is 7.73. The number of hydrogen-bond acceptors (Lipinski definition) is 4. The summed E-state index contributed by atoms with van der Waals surface area (Å²) in [5.41, 5.74) is 0.408. The lowest BCUT2D eigenvalue weighted by atomic mass is 10.00. The van der Waals surface area contributed by atoms with Crippen LogP contribution in [0.2, 0.25) is 0 Å². The third-order valence-electron chi connectivity index (χ3n) is 4.64. The zero-order valence-corrected chi connectivity index (χ0v) is 17.4. The molecule has 2 N–H and O–H groups in total. The number of rotatable bonds is 10. The number of aliphatic carboxylic acids is 1. The lowest BCUT2D eigenvalue weighted by Crippen LogP contribution is -2.49. The largest absolute Gasteiger partial charge is 0.480 e. The van der Waals surface area contributed by atoms with Crippen molar-refractivity contribution in [1.29, 1.82) is 0 Å². The minimum atomic E-state index is -4.46. The van der Waals surface area contributed by atoms with Crippen LogP contribution in [0.5, 0.6) is 0 Å². The molecule has 2 aromatic carbocycles. The minimum Gasteiger partial charge on any atom is -0.480 e. The molecule has 0 bridgehead atoms. The minimum absolute atomic E-state index is 0.0621. The normalized spacial score (nSPS) is 13.6. The second kappa shape index (κ2) is 10.9. The average Bonchev–Trinajstić information content (AvgIpc) is 2.71. The van der Waals surface area contributed by atoms with E-state index in [0.717, 1.165) is 17.7 Å². The molecular weight excluding hydrogens is 411 g/mol. The molecule has 2 rings (SSSR count). The number of carboxylic acids is 1. The first-order valence-electron chi connectivity index (χ1n) is 9.91. The molecule has 1 unspecified atom stereocenters. The summed E-state index contributed by atoms with van der Waals surface area (Å²) in [7, 11) is 0. The van der Waals surface area contributed by atoms with Crippen molar-refractivity contribution in [2.75, 3.05) is 0 Å². The molecule has 5 nitrogen and oxygen atoms in total. The molecule has 8 heteroatoms. The van der Waals surface area contributed by atoms with Gasteiger partial charge in [0.1, 0.15) is 18.7 Å². The summed E-state index contributed by atoms with van der Waals surface area (Å²) < 4.78 is 43.5. The molecule has 31 heavy (non-hydrogen) atoms. The van der Waals surface area contributed by atoms with Crippen LogP contribution in [0.4, 0.5) is 13.2 Å². The van der Waals surface area contributed by atoms with E-state index in [1.165, 1.54) is 12.1 Å². The fourth-order valence-electron chi connectivity index (χ4n) is 3.06. The number of carbonyl (C=O) groups excluding carboxylic acids is 1. The number of carbonyl (C=O) groups is 2. The van der Waals surface area contributed by atoms with Crippen LogP contribution in [0, 0.1) is 5.92 Å². The topological polar surface area (TPSA) is 75.6 Å². The lowest BCUT2D eigenvalue weighted by Gasteiger charge is -2.24. The molecule has 0 aliphatic rings. The molecule has 2 aromatic rings. The summed E-state index contributed by atoms with van der Waals surface area (Å²) >= 11 is 0. The average molecular weight is 437 g/mol. The van der Waals surface area contributed by atoms with Gasteiger partial charge < -0.3 is 9.84 Å². The van der Waals surface area contributed by atoms with E-state index in [1.807, 2.05) is 44.2 Å². The van der Waals surface area contributed by atoms with Gasteiger partial charge in [-0.15, -0.1) is 0 Å². The Morgan fingerprint density at radius 3 is 2.10 bits per heavy atom. The van der Waals surface area contributed by atoms with Crippen LogP contribution in [-0.2, 0) is 33.5 Å². The Bertz CT molecular complexity index is 851. The molecule has 2 atom stereocenters. The van der Waals surface area contributed by atoms with E-state index in [0.29, 0.717) is 12.0 Å². The van der Waals surface area contributed by atoms with E-state index in [9.17, 15) is 27.9 Å². The maximum Gasteiger partial charge on any atom is 0.416 e. The Morgan fingerprint density at radius 2 is 1.58 bits per heavy atom. The first-order chi connectivity index (χ1) is 14.6. The standard InChI is InChI=1S/C23H26F3NO4/c1-15(2)12-20(22(30)31-14-17-6-4-3-5-7-17)27-19(21(28)29)13-16-8-10-18(11-9-16)23(24,25)26/h3-11,15,19-20,27H,12-14H2,1-2H3,(H,28,29)/t19-,20?/m0/s1. The summed E-state index contributed by atoms with van der Waals surface area (Å²) in [4.78, 5) is 24.4. The Labute approximate surface area is 179 Å². The number of ether oxygens (including phenoxy) is 1. The Balaban J connectivity index is 2.08. The second-order valence-electron chi connectivity index (χ2n) is 7.73. The fraction of sp³-hybridized carbons (Fsp3) is 0.391. The van der Waals surface area contributed by atoms with Crippen LogP contribution in [0.15, 0.2) is 54.6 Å². The number of halogens is 3. The van der Waals surface area contributed by atoms with Crippen molar-refractivity contribution in [2.45, 2.75) is 51.6 Å². The molecule has 0 saturated heterocycles. The Kier molecular flexibility index (Phi) is 8.62. The highest BCUT2D eigenvalue weighted by atomic mass is 19.4. The van der Waals surface area contributed by atoms with Crippen molar-refractivity contribution in [3.8, 4) is 0 Å². The highest BCUT2D eigenvalue weighted by Gasteiger charge is 2.31. The predicted octanol–water partition coefficient (Wildman–Crippen LogP) is 4.45. The van der Waals surface area contributed by atoms with Crippen LogP contribution < -0.4 is 5.32 Å². The molecule has 0 fully saturated rings. The summed E-state index contributed by atoms with van der Waals surface area (Å²) in [6, 6.07) is 11.4. The van der Waals surface area contributed by atoms with Gasteiger partial charge >= 0.3 is 18.1 Å². The van der Waals surface area contributed by atoms with Gasteiger partial charge in [0.2, 0.25) is 0 Å². The zero-order chi connectivity index (χ0) is 23.0. The molecule has 168 valence electrons. The fourth-order valence-corrected chi connectivity index (χ4v) is 3.06. The summed E-state index contributed by atoms with van der Waals surface area (Å²) in [5.74, 6) is -1.69. The van der Waals surface area contributed by atoms with Gasteiger partial charge in [0.15, 0.2) is 0 Å². The van der Waals surface area contributed by atoms with E-state index in [4.69, 9.17) is 4.74 Å². The number of hydrogen-bond donors (Lipinski definition) is 2. The summed E-state index contributed by atoms with van der Waals surface area (Å²) in [5, 5.41) is 12.4. The molecule has 0 aliphatic carbocycles. The van der Waals surface area contributed by atoms with Crippen molar-refractivity contribution in [1.82, 2.24) is 5.32 Å². The molecular formula is C23H26F3NO4. The first-order valence-corrected chi connectivity index (χ1v) is 9.91. The SMILES string of the molecule is CC(C)CC(N[C@@H](Cc1ccc(C(F)(F)F)cc1)C(=O)O)C(=O)OCc1ccccc1. The highest BCUT2D eigenvalue weighted by Crippen LogP contribution is 2.29. The van der Waals surface area contributed by atoms with Crippen LogP contribution >= 0.6 is 0 Å². The Hall–Kier alpha value is -2.87. The van der Waals surface area contributed by atoms with Crippen molar-refractivity contribution in [3.63, 3.8) is 0 Å². The third kappa shape index (κ3) is 8.05. The maximum absolute atomic E-state index is 12.7. The van der Waals surface area contributed by atoms with Crippen molar-refractivity contribution in [2.24, 2.45) is 5.92 Å². The number of carboxylic acid groups (broad SMARTS) is 1. The van der Waals surface area contributed by atoms with Crippen LogP contribution in [-0.4, -0.2) is 29.1 Å². The molecule has 0 aromatic heterocycles. The van der Waals surface area contributed by atoms with Crippen LogP contribution in [0.1, 0.15) is 37.0 Å². The molecule has 0 heterocycles. The number of alkyl halides is 3. The quantitative estimate of drug-likeness (QED) is 0.537. The molecule has 0 saturated carbocycles. The van der Waals surface area contributed by atoms with E-state index in [1.54, 1.807) is 0 Å². The van der Waals surface area contributed by atoms with Crippen molar-refractivity contribution in [3.05, 3.63) is 71.3 Å². The summed E-state index contributed by atoms with van der Waals surface area (Å²) in [6.07, 6.45) is -4.19. The van der Waals surface area contributed by atoms with E-state index in [2.05, 4.69) is 5.32 Å². The van der Waals surface area contributed by atoms with Crippen molar-refractivity contribution < 1.29 is 32.6 Å². The number of benzene rings is 2. The van der Waals surface area contributed by atoms with Gasteiger partial charge in [-0.2, -0.15) is 13.2 Å². The van der Waals surface area contributed by atoms with Gasteiger partial charge in [0.05, 0.1) is 5.56 Å². The van der Waals surface area contributed by atoms with Crippen LogP contribution in [0.25, 0.3) is 0 Å². The first kappa shape index (κ1) is 24.4. The van der Waals surface area contributed by atoms with E-state index < -0.39 is 35.8 Å². The third-order valence-corrected chi connectivity index (χ3v) is 4.64. The van der Waals surface area contributed by atoms with E-state index in [-0.39, 0.29) is 18.9 Å². The van der Waals surface area contributed by atoms with Crippen LogP contribution in [0.3, 0.4) is 0 Å². The monoisotopic (exact) mass is 437 g/mol. The Morgan fingerprint density at radius 1 is 0.968 bits per heavy atom. The predicted molar refractivity (Wildman–Crippen MR) is 109 cm³/mol. The van der Waals surface area contributed by atoms with Gasteiger partial charge in [-0.25, -0.2) is 0 Å². The van der Waals surface area contributed by atoms with E-state index >= 15 is 0 Å². The molecule has 0 aliphatic heterocycles. The smallest absolute Gasteiger partial charge is 0.416 e. The maximum atomic E-state index is 12.7. The summed E-state index contributed by atoms with van der Waals surface area (Å²) in [6.45, 7) is 3.85. The number of esters is 1. The van der Waals surface area contributed by atoms with Gasteiger partial charge in [0, 0.05) is 0 Å².